The maximum Gasteiger partial charge on any atom is 0.319 e. The van der Waals surface area contributed by atoms with Crippen LogP contribution in [0.15, 0.2) is 36.4 Å². The molecular weight excluding hydrogens is 418 g/mol. The van der Waals surface area contributed by atoms with Gasteiger partial charge < -0.3 is 20.1 Å². The minimum atomic E-state index is -3.54. The van der Waals surface area contributed by atoms with E-state index < -0.39 is 16.1 Å². The number of nitrogens with zero attached hydrogens (tertiary/aromatic N) is 1. The van der Waals surface area contributed by atoms with Crippen molar-refractivity contribution in [3.63, 3.8) is 0 Å². The van der Waals surface area contributed by atoms with E-state index >= 15 is 0 Å². The van der Waals surface area contributed by atoms with E-state index in [1.165, 1.54) is 24.6 Å². The van der Waals surface area contributed by atoms with Gasteiger partial charge in [-0.05, 0) is 24.1 Å². The third-order valence-electron chi connectivity index (χ3n) is 4.55. The van der Waals surface area contributed by atoms with Crippen molar-refractivity contribution in [3.8, 4) is 11.5 Å². The minimum absolute atomic E-state index is 0.0426. The lowest BCUT2D eigenvalue weighted by atomic mass is 10.2. The van der Waals surface area contributed by atoms with Gasteiger partial charge in [0.15, 0.2) is 0 Å². The maximum absolute atomic E-state index is 12.7. The molecule has 0 fully saturated rings. The van der Waals surface area contributed by atoms with Crippen LogP contribution in [0, 0.1) is 0 Å². The Morgan fingerprint density at radius 3 is 2.62 bits per heavy atom. The van der Waals surface area contributed by atoms with Crippen LogP contribution in [0.3, 0.4) is 0 Å². The first kappa shape index (κ1) is 21.1. The average molecular weight is 440 g/mol. The second kappa shape index (κ2) is 8.79. The second-order valence-electron chi connectivity index (χ2n) is 6.33. The highest BCUT2D eigenvalue weighted by molar-refractivity contribution is 7.92. The van der Waals surface area contributed by atoms with E-state index in [-0.39, 0.29) is 12.3 Å². The lowest BCUT2D eigenvalue weighted by molar-refractivity contribution is 0.252. The molecule has 0 atom stereocenters. The van der Waals surface area contributed by atoms with Crippen molar-refractivity contribution in [1.29, 1.82) is 0 Å². The number of hydrogen-bond acceptors (Lipinski definition) is 5. The first-order valence-corrected chi connectivity index (χ1v) is 10.9. The normalized spacial score (nSPS) is 13.0. The van der Waals surface area contributed by atoms with Crippen molar-refractivity contribution < 1.29 is 22.7 Å². The molecule has 0 radical (unpaired) electrons. The number of carbonyl (C=O) groups excluding carboxylic acids is 1. The minimum Gasteiger partial charge on any atom is -0.495 e. The number of amides is 2. The molecule has 1 heterocycles. The van der Waals surface area contributed by atoms with Crippen molar-refractivity contribution in [2.75, 3.05) is 42.7 Å². The predicted octanol–water partition coefficient (Wildman–Crippen LogP) is 2.87. The van der Waals surface area contributed by atoms with Gasteiger partial charge in [-0.25, -0.2) is 13.2 Å². The average Bonchev–Trinajstić information content (AvgIpc) is 3.13. The van der Waals surface area contributed by atoms with Crippen LogP contribution in [-0.4, -0.2) is 47.5 Å². The number of ether oxygens (including phenoxy) is 2. The van der Waals surface area contributed by atoms with Crippen LogP contribution in [0.1, 0.15) is 5.56 Å². The lowest BCUT2D eigenvalue weighted by Gasteiger charge is -2.19. The molecule has 0 bridgehead atoms. The summed E-state index contributed by atoms with van der Waals surface area (Å²) in [5.41, 5.74) is 2.05. The summed E-state index contributed by atoms with van der Waals surface area (Å²) in [7, 11) is -0.619. The summed E-state index contributed by atoms with van der Waals surface area (Å²) in [5, 5.41) is 5.45. The van der Waals surface area contributed by atoms with Gasteiger partial charge in [0, 0.05) is 19.2 Å². The van der Waals surface area contributed by atoms with Crippen LogP contribution in [0.5, 0.6) is 11.5 Å². The fourth-order valence-corrected chi connectivity index (χ4v) is 4.79. The standard InChI is InChI=1S/C19H22ClN3O5S/c1-27-17-12-18(28-2)15(11-14(17)20)22-19(24)21-8-10-29(25,26)23-9-7-13-5-3-4-6-16(13)23/h3-6,11-12H,7-10H2,1-2H3,(H2,21,22,24). The third-order valence-corrected chi connectivity index (χ3v) is 6.61. The van der Waals surface area contributed by atoms with E-state index in [1.807, 2.05) is 18.2 Å². The van der Waals surface area contributed by atoms with Gasteiger partial charge in [-0.15, -0.1) is 0 Å². The van der Waals surface area contributed by atoms with E-state index in [2.05, 4.69) is 10.6 Å². The number of benzene rings is 2. The number of methoxy groups -OCH3 is 2. The number of sulfonamides is 1. The zero-order chi connectivity index (χ0) is 21.0. The van der Waals surface area contributed by atoms with Crippen molar-refractivity contribution >= 4 is 39.0 Å². The molecule has 2 aromatic carbocycles. The van der Waals surface area contributed by atoms with E-state index in [1.54, 1.807) is 12.1 Å². The van der Waals surface area contributed by atoms with E-state index in [9.17, 15) is 13.2 Å². The van der Waals surface area contributed by atoms with Gasteiger partial charge in [-0.1, -0.05) is 29.8 Å². The molecule has 2 N–H and O–H groups in total. The van der Waals surface area contributed by atoms with E-state index in [4.69, 9.17) is 21.1 Å². The highest BCUT2D eigenvalue weighted by atomic mass is 35.5. The van der Waals surface area contributed by atoms with Gasteiger partial charge in [0.1, 0.15) is 11.5 Å². The summed E-state index contributed by atoms with van der Waals surface area (Å²) in [6.07, 6.45) is 0.682. The molecule has 1 aliphatic heterocycles. The Kier molecular flexibility index (Phi) is 6.39. The Balaban J connectivity index is 1.59. The zero-order valence-electron chi connectivity index (χ0n) is 16.1. The molecule has 2 aromatic rings. The SMILES string of the molecule is COc1cc(OC)c(NC(=O)NCCS(=O)(=O)N2CCc3ccccc32)cc1Cl. The number of anilines is 2. The largest absolute Gasteiger partial charge is 0.495 e. The molecule has 0 aromatic heterocycles. The molecule has 10 heteroatoms. The molecule has 0 unspecified atom stereocenters. The number of urea groups is 1. The Morgan fingerprint density at radius 1 is 1.17 bits per heavy atom. The zero-order valence-corrected chi connectivity index (χ0v) is 17.6. The monoisotopic (exact) mass is 439 g/mol. The van der Waals surface area contributed by atoms with Crippen LogP contribution >= 0.6 is 11.6 Å². The van der Waals surface area contributed by atoms with Gasteiger partial charge in [0.25, 0.3) is 0 Å². The van der Waals surface area contributed by atoms with Crippen molar-refractivity contribution in [3.05, 3.63) is 47.0 Å². The fourth-order valence-electron chi connectivity index (χ4n) is 3.12. The highest BCUT2D eigenvalue weighted by Gasteiger charge is 2.28. The van der Waals surface area contributed by atoms with E-state index in [0.29, 0.717) is 40.9 Å². The van der Waals surface area contributed by atoms with Crippen LogP contribution in [0.4, 0.5) is 16.2 Å². The molecule has 2 amide bonds. The molecule has 1 aliphatic rings. The molecular formula is C19H22ClN3O5S. The predicted molar refractivity (Wildman–Crippen MR) is 113 cm³/mol. The summed E-state index contributed by atoms with van der Waals surface area (Å²) < 4.78 is 37.0. The summed E-state index contributed by atoms with van der Waals surface area (Å²) >= 11 is 6.08. The molecule has 8 nitrogen and oxygen atoms in total. The molecule has 156 valence electrons. The molecule has 3 rings (SSSR count). The quantitative estimate of drug-likeness (QED) is 0.691. The Labute approximate surface area is 174 Å². The highest BCUT2D eigenvalue weighted by Crippen LogP contribution is 2.35. The Bertz CT molecular complexity index is 1010. The Morgan fingerprint density at radius 2 is 1.90 bits per heavy atom. The molecule has 0 saturated heterocycles. The van der Waals surface area contributed by atoms with Crippen molar-refractivity contribution in [1.82, 2.24) is 5.32 Å². The first-order chi connectivity index (χ1) is 13.9. The number of fused-ring (bicyclic) bond motifs is 1. The van der Waals surface area contributed by atoms with Crippen LogP contribution in [0.2, 0.25) is 5.02 Å². The van der Waals surface area contributed by atoms with Crippen LogP contribution in [-0.2, 0) is 16.4 Å². The van der Waals surface area contributed by atoms with E-state index in [0.717, 1.165) is 5.56 Å². The van der Waals surface area contributed by atoms with Crippen LogP contribution < -0.4 is 24.4 Å². The van der Waals surface area contributed by atoms with Gasteiger partial charge in [0.2, 0.25) is 10.0 Å². The molecule has 0 spiro atoms. The number of rotatable bonds is 7. The summed E-state index contributed by atoms with van der Waals surface area (Å²) in [4.78, 5) is 12.2. The van der Waals surface area contributed by atoms with Gasteiger partial charge in [-0.3, -0.25) is 4.31 Å². The van der Waals surface area contributed by atoms with Crippen molar-refractivity contribution in [2.45, 2.75) is 6.42 Å². The van der Waals surface area contributed by atoms with Crippen molar-refractivity contribution in [2.24, 2.45) is 0 Å². The Hall–Kier alpha value is -2.65. The van der Waals surface area contributed by atoms with Gasteiger partial charge >= 0.3 is 6.03 Å². The van der Waals surface area contributed by atoms with Gasteiger partial charge in [-0.2, -0.15) is 0 Å². The molecule has 29 heavy (non-hydrogen) atoms. The summed E-state index contributed by atoms with van der Waals surface area (Å²) in [6.45, 7) is 0.370. The lowest BCUT2D eigenvalue weighted by Crippen LogP contribution is -2.38. The molecule has 0 aliphatic carbocycles. The number of halogens is 1. The smallest absolute Gasteiger partial charge is 0.319 e. The number of para-hydroxylation sites is 1. The summed E-state index contributed by atoms with van der Waals surface area (Å²) in [6, 6.07) is 9.89. The first-order valence-electron chi connectivity index (χ1n) is 8.90. The van der Waals surface area contributed by atoms with Crippen LogP contribution in [0.25, 0.3) is 0 Å². The number of hydrogen-bond donors (Lipinski definition) is 2. The number of nitrogens with one attached hydrogen (secondary N) is 2. The van der Waals surface area contributed by atoms with Gasteiger partial charge in [0.05, 0.1) is 36.4 Å². The fraction of sp³-hybridized carbons (Fsp3) is 0.316. The summed E-state index contributed by atoms with van der Waals surface area (Å²) in [5.74, 6) is 0.559. The third kappa shape index (κ3) is 4.68. The number of carbonyl (C=O) groups is 1. The molecule has 0 saturated carbocycles. The second-order valence-corrected chi connectivity index (χ2v) is 8.75. The maximum atomic E-state index is 12.7. The topological polar surface area (TPSA) is 97.0 Å².